The zero-order chi connectivity index (χ0) is 10.4. The van der Waals surface area contributed by atoms with Gasteiger partial charge in [0.25, 0.3) is 0 Å². The van der Waals surface area contributed by atoms with E-state index < -0.39 is 23.9 Å². The second-order valence-corrected chi connectivity index (χ2v) is 3.11. The summed E-state index contributed by atoms with van der Waals surface area (Å²) < 4.78 is 0. The summed E-state index contributed by atoms with van der Waals surface area (Å²) >= 11 is 0. The Morgan fingerprint density at radius 2 is 1.77 bits per heavy atom. The van der Waals surface area contributed by atoms with Crippen LogP contribution in [0.1, 0.15) is 26.2 Å². The van der Waals surface area contributed by atoms with Crippen LogP contribution in [0.25, 0.3) is 0 Å². The zero-order valence-electron chi connectivity index (χ0n) is 7.56. The first kappa shape index (κ1) is 11.9. The summed E-state index contributed by atoms with van der Waals surface area (Å²) in [5, 5.41) is 16.9. The number of carboxylic acids is 2. The van der Waals surface area contributed by atoms with Gasteiger partial charge in [0, 0.05) is 0 Å². The summed E-state index contributed by atoms with van der Waals surface area (Å²) in [5.74, 6) is -2.33. The fraction of sp³-hybridized carbons (Fsp3) is 0.750. The molecule has 1 unspecified atom stereocenters. The van der Waals surface area contributed by atoms with Gasteiger partial charge in [0.05, 0.1) is 5.92 Å². The molecule has 0 saturated heterocycles. The van der Waals surface area contributed by atoms with Crippen molar-refractivity contribution in [3.05, 3.63) is 0 Å². The minimum Gasteiger partial charge on any atom is -0.481 e. The lowest BCUT2D eigenvalue weighted by Gasteiger charge is -2.07. The lowest BCUT2D eigenvalue weighted by Crippen LogP contribution is -2.30. The van der Waals surface area contributed by atoms with E-state index in [1.807, 2.05) is 0 Å². The normalized spacial score (nSPS) is 14.9. The average Bonchev–Trinajstić information content (AvgIpc) is 2.03. The second kappa shape index (κ2) is 5.53. The van der Waals surface area contributed by atoms with Gasteiger partial charge in [0.1, 0.15) is 6.04 Å². The molecule has 2 atom stereocenters. The molecule has 5 heteroatoms. The lowest BCUT2D eigenvalue weighted by molar-refractivity contribution is -0.141. The molecule has 0 spiro atoms. The third-order valence-corrected chi connectivity index (χ3v) is 1.89. The molecule has 0 bridgehead atoms. The lowest BCUT2D eigenvalue weighted by atomic mass is 10.0. The molecule has 0 aromatic rings. The quantitative estimate of drug-likeness (QED) is 0.557. The van der Waals surface area contributed by atoms with E-state index in [1.54, 1.807) is 6.92 Å². The third-order valence-electron chi connectivity index (χ3n) is 1.89. The Kier molecular flexibility index (Phi) is 5.06. The van der Waals surface area contributed by atoms with Crippen molar-refractivity contribution in [3.8, 4) is 0 Å². The first-order valence-corrected chi connectivity index (χ1v) is 4.16. The first-order chi connectivity index (χ1) is 5.95. The Bertz CT molecular complexity index is 173. The fourth-order valence-electron chi connectivity index (χ4n) is 0.891. The molecule has 0 heterocycles. The van der Waals surface area contributed by atoms with Gasteiger partial charge in [-0.05, 0) is 12.8 Å². The SMILES string of the molecule is CC(CCC[C@H](N)C(=O)O)C(=O)O. The van der Waals surface area contributed by atoms with Crippen molar-refractivity contribution in [1.29, 1.82) is 0 Å². The van der Waals surface area contributed by atoms with Crippen LogP contribution < -0.4 is 5.73 Å². The number of rotatable bonds is 6. The van der Waals surface area contributed by atoms with Gasteiger partial charge in [0.2, 0.25) is 0 Å². The van der Waals surface area contributed by atoms with E-state index in [4.69, 9.17) is 15.9 Å². The van der Waals surface area contributed by atoms with Crippen molar-refractivity contribution in [1.82, 2.24) is 0 Å². The standard InChI is InChI=1S/C8H15NO4/c1-5(7(10)11)3-2-4-6(9)8(12)13/h5-6H,2-4,9H2,1H3,(H,10,11)(H,12,13)/t5?,6-/m0/s1. The van der Waals surface area contributed by atoms with Crippen LogP contribution in [0.4, 0.5) is 0 Å². The van der Waals surface area contributed by atoms with E-state index in [1.165, 1.54) is 0 Å². The molecule has 13 heavy (non-hydrogen) atoms. The van der Waals surface area contributed by atoms with Crippen LogP contribution in [0.3, 0.4) is 0 Å². The fourth-order valence-corrected chi connectivity index (χ4v) is 0.891. The van der Waals surface area contributed by atoms with E-state index in [2.05, 4.69) is 0 Å². The summed E-state index contributed by atoms with van der Waals surface area (Å²) in [7, 11) is 0. The molecule has 0 amide bonds. The first-order valence-electron chi connectivity index (χ1n) is 4.16. The molecule has 0 aliphatic rings. The van der Waals surface area contributed by atoms with Crippen LogP contribution in [0.5, 0.6) is 0 Å². The molecule has 0 aromatic carbocycles. The van der Waals surface area contributed by atoms with Gasteiger partial charge in [-0.3, -0.25) is 9.59 Å². The predicted molar refractivity (Wildman–Crippen MR) is 46.3 cm³/mol. The zero-order valence-corrected chi connectivity index (χ0v) is 7.56. The van der Waals surface area contributed by atoms with Gasteiger partial charge in [-0.1, -0.05) is 13.3 Å². The molecule has 76 valence electrons. The maximum atomic E-state index is 10.4. The number of aliphatic carboxylic acids is 2. The van der Waals surface area contributed by atoms with Gasteiger partial charge >= 0.3 is 11.9 Å². The highest BCUT2D eigenvalue weighted by Crippen LogP contribution is 2.08. The highest BCUT2D eigenvalue weighted by atomic mass is 16.4. The summed E-state index contributed by atoms with van der Waals surface area (Å²) in [4.78, 5) is 20.6. The van der Waals surface area contributed by atoms with E-state index in [0.29, 0.717) is 19.3 Å². The van der Waals surface area contributed by atoms with Gasteiger partial charge in [-0.15, -0.1) is 0 Å². The summed E-state index contributed by atoms with van der Waals surface area (Å²) in [6, 6.07) is -0.874. The Hall–Kier alpha value is -1.10. The van der Waals surface area contributed by atoms with Crippen LogP contribution in [0, 0.1) is 5.92 Å². The molecule has 0 rings (SSSR count). The maximum Gasteiger partial charge on any atom is 0.320 e. The van der Waals surface area contributed by atoms with Crippen molar-refractivity contribution in [2.24, 2.45) is 11.7 Å². The van der Waals surface area contributed by atoms with Crippen LogP contribution in [0.15, 0.2) is 0 Å². The predicted octanol–water partition coefficient (Wildman–Crippen LogP) is 0.289. The van der Waals surface area contributed by atoms with Crippen LogP contribution in [0.2, 0.25) is 0 Å². The van der Waals surface area contributed by atoms with Crippen molar-refractivity contribution in [2.75, 3.05) is 0 Å². The van der Waals surface area contributed by atoms with Crippen molar-refractivity contribution >= 4 is 11.9 Å². The van der Waals surface area contributed by atoms with Crippen LogP contribution >= 0.6 is 0 Å². The Morgan fingerprint density at radius 3 is 2.15 bits per heavy atom. The molecule has 0 radical (unpaired) electrons. The number of nitrogens with two attached hydrogens (primary N) is 1. The minimum atomic E-state index is -1.04. The molecule has 0 saturated carbocycles. The van der Waals surface area contributed by atoms with E-state index in [0.717, 1.165) is 0 Å². The van der Waals surface area contributed by atoms with Gasteiger partial charge < -0.3 is 15.9 Å². The number of hydrogen-bond donors (Lipinski definition) is 3. The molecular weight excluding hydrogens is 174 g/mol. The highest BCUT2D eigenvalue weighted by molar-refractivity contribution is 5.73. The van der Waals surface area contributed by atoms with Crippen LogP contribution in [-0.4, -0.2) is 28.2 Å². The van der Waals surface area contributed by atoms with Crippen molar-refractivity contribution in [2.45, 2.75) is 32.2 Å². The van der Waals surface area contributed by atoms with Gasteiger partial charge in [-0.25, -0.2) is 0 Å². The number of carboxylic acid groups (broad SMARTS) is 2. The molecular formula is C8H15NO4. The molecule has 4 N–H and O–H groups in total. The topological polar surface area (TPSA) is 101 Å². The summed E-state index contributed by atoms with van der Waals surface area (Å²) in [6.45, 7) is 1.59. The Labute approximate surface area is 76.5 Å². The monoisotopic (exact) mass is 189 g/mol. The largest absolute Gasteiger partial charge is 0.481 e. The van der Waals surface area contributed by atoms with Crippen molar-refractivity contribution in [3.63, 3.8) is 0 Å². The smallest absolute Gasteiger partial charge is 0.320 e. The molecule has 5 nitrogen and oxygen atoms in total. The second-order valence-electron chi connectivity index (χ2n) is 3.11. The molecule has 0 aromatic heterocycles. The van der Waals surface area contributed by atoms with Gasteiger partial charge in [0.15, 0.2) is 0 Å². The Balaban J connectivity index is 3.56. The third kappa shape index (κ3) is 5.19. The van der Waals surface area contributed by atoms with Crippen LogP contribution in [-0.2, 0) is 9.59 Å². The van der Waals surface area contributed by atoms with Crippen molar-refractivity contribution < 1.29 is 19.8 Å². The van der Waals surface area contributed by atoms with Gasteiger partial charge in [-0.2, -0.15) is 0 Å². The summed E-state index contributed by atoms with van der Waals surface area (Å²) in [6.07, 6.45) is 1.32. The van der Waals surface area contributed by atoms with E-state index in [9.17, 15) is 9.59 Å². The maximum absolute atomic E-state index is 10.4. The molecule has 0 aliphatic carbocycles. The summed E-state index contributed by atoms with van der Waals surface area (Å²) in [5.41, 5.74) is 5.23. The van der Waals surface area contributed by atoms with E-state index >= 15 is 0 Å². The molecule has 0 fully saturated rings. The highest BCUT2D eigenvalue weighted by Gasteiger charge is 2.14. The Morgan fingerprint density at radius 1 is 1.23 bits per heavy atom. The van der Waals surface area contributed by atoms with E-state index in [-0.39, 0.29) is 0 Å². The average molecular weight is 189 g/mol. The molecule has 0 aliphatic heterocycles. The minimum absolute atomic E-state index is 0.326. The number of hydrogen-bond acceptors (Lipinski definition) is 3. The number of carbonyl (C=O) groups is 2.